The Morgan fingerprint density at radius 3 is 2.30 bits per heavy atom. The number of hydrogen-bond donors (Lipinski definition) is 2. The molecule has 0 fully saturated rings. The van der Waals surface area contributed by atoms with E-state index < -0.39 is 5.91 Å². The highest BCUT2D eigenvalue weighted by atomic mass is 32.1. The van der Waals surface area contributed by atoms with Gasteiger partial charge in [-0.3, -0.25) is 9.59 Å². The molecule has 2 amide bonds. The van der Waals surface area contributed by atoms with Gasteiger partial charge in [0.1, 0.15) is 5.00 Å². The van der Waals surface area contributed by atoms with Crippen LogP contribution in [0.5, 0.6) is 0 Å². The van der Waals surface area contributed by atoms with Gasteiger partial charge in [0.2, 0.25) is 5.91 Å². The number of hydrogen-bond acceptors (Lipinski definition) is 3. The van der Waals surface area contributed by atoms with Gasteiger partial charge in [0.15, 0.2) is 0 Å². The summed E-state index contributed by atoms with van der Waals surface area (Å²) in [5.41, 5.74) is 8.83. The molecule has 0 atom stereocenters. The van der Waals surface area contributed by atoms with E-state index in [1.54, 1.807) is 6.08 Å². The maximum absolute atomic E-state index is 12.3. The molecule has 0 aliphatic rings. The van der Waals surface area contributed by atoms with Crippen LogP contribution in [0.3, 0.4) is 0 Å². The number of carbonyl (C=O) groups is 2. The van der Waals surface area contributed by atoms with E-state index in [0.29, 0.717) is 17.0 Å². The Morgan fingerprint density at radius 2 is 1.67 bits per heavy atom. The topological polar surface area (TPSA) is 72.2 Å². The number of benzene rings is 2. The van der Waals surface area contributed by atoms with Crippen molar-refractivity contribution in [2.45, 2.75) is 13.3 Å². The first kappa shape index (κ1) is 18.6. The van der Waals surface area contributed by atoms with Crippen LogP contribution in [0, 0.1) is 6.92 Å². The molecule has 1 heterocycles. The predicted molar refractivity (Wildman–Crippen MR) is 111 cm³/mol. The quantitative estimate of drug-likeness (QED) is 0.626. The van der Waals surface area contributed by atoms with Crippen molar-refractivity contribution < 1.29 is 9.59 Å². The number of anilines is 1. The third-order valence-corrected chi connectivity index (χ3v) is 5.37. The monoisotopic (exact) mass is 376 g/mol. The molecule has 0 unspecified atom stereocenters. The molecular formula is C22H20N2O2S. The van der Waals surface area contributed by atoms with Crippen LogP contribution in [0.2, 0.25) is 0 Å². The zero-order valence-electron chi connectivity index (χ0n) is 14.9. The minimum absolute atomic E-state index is 0.297. The van der Waals surface area contributed by atoms with E-state index in [4.69, 9.17) is 5.73 Å². The largest absolute Gasteiger partial charge is 0.365 e. The highest BCUT2D eigenvalue weighted by Gasteiger charge is 2.20. The van der Waals surface area contributed by atoms with Crippen LogP contribution < -0.4 is 11.1 Å². The van der Waals surface area contributed by atoms with Crippen LogP contribution in [0.15, 0.2) is 66.7 Å². The van der Waals surface area contributed by atoms with E-state index in [1.165, 1.54) is 17.4 Å². The van der Waals surface area contributed by atoms with Crippen LogP contribution in [0.4, 0.5) is 5.00 Å². The van der Waals surface area contributed by atoms with Crippen LogP contribution in [0.25, 0.3) is 6.08 Å². The zero-order valence-corrected chi connectivity index (χ0v) is 15.8. The summed E-state index contributed by atoms with van der Waals surface area (Å²) in [5, 5.41) is 3.30. The molecule has 2 aromatic carbocycles. The van der Waals surface area contributed by atoms with E-state index >= 15 is 0 Å². The Bertz CT molecular complexity index is 976. The number of amides is 2. The highest BCUT2D eigenvalue weighted by molar-refractivity contribution is 7.17. The maximum atomic E-state index is 12.3. The molecule has 0 radical (unpaired) electrons. The summed E-state index contributed by atoms with van der Waals surface area (Å²) in [6.45, 7) is 1.87. The molecule has 0 spiro atoms. The molecule has 5 heteroatoms. The van der Waals surface area contributed by atoms with E-state index in [1.807, 2.05) is 67.6 Å². The first-order valence-electron chi connectivity index (χ1n) is 8.54. The Labute approximate surface area is 162 Å². The van der Waals surface area contributed by atoms with Gasteiger partial charge in [-0.2, -0.15) is 0 Å². The van der Waals surface area contributed by atoms with Gasteiger partial charge in [0.05, 0.1) is 5.56 Å². The van der Waals surface area contributed by atoms with E-state index in [0.717, 1.165) is 21.6 Å². The molecule has 3 aromatic rings. The smallest absolute Gasteiger partial charge is 0.251 e. The van der Waals surface area contributed by atoms with Gasteiger partial charge in [-0.25, -0.2) is 0 Å². The van der Waals surface area contributed by atoms with Crippen molar-refractivity contribution in [1.82, 2.24) is 0 Å². The zero-order chi connectivity index (χ0) is 19.2. The number of rotatable bonds is 6. The number of nitrogens with one attached hydrogen (secondary N) is 1. The third kappa shape index (κ3) is 4.71. The predicted octanol–water partition coefficient (Wildman–Crippen LogP) is 4.40. The van der Waals surface area contributed by atoms with Crippen LogP contribution in [-0.2, 0) is 11.2 Å². The fraction of sp³-hybridized carbons (Fsp3) is 0.0909. The van der Waals surface area contributed by atoms with Gasteiger partial charge in [0.25, 0.3) is 5.91 Å². The number of nitrogens with two attached hydrogens (primary N) is 1. The van der Waals surface area contributed by atoms with Crippen molar-refractivity contribution in [2.24, 2.45) is 5.73 Å². The molecule has 0 saturated carbocycles. The maximum Gasteiger partial charge on any atom is 0.251 e. The average Bonchev–Trinajstić information content (AvgIpc) is 2.97. The average molecular weight is 376 g/mol. The fourth-order valence-electron chi connectivity index (χ4n) is 2.78. The summed E-state index contributed by atoms with van der Waals surface area (Å²) in [5.74, 6) is -0.834. The van der Waals surface area contributed by atoms with Gasteiger partial charge in [-0.15, -0.1) is 11.3 Å². The van der Waals surface area contributed by atoms with Crippen molar-refractivity contribution in [1.29, 1.82) is 0 Å². The normalized spacial score (nSPS) is 10.9. The van der Waals surface area contributed by atoms with Crippen molar-refractivity contribution in [3.8, 4) is 0 Å². The molecule has 0 aliphatic carbocycles. The Kier molecular flexibility index (Phi) is 5.84. The molecule has 27 heavy (non-hydrogen) atoms. The molecule has 0 saturated heterocycles. The Hall–Kier alpha value is -3.18. The van der Waals surface area contributed by atoms with Crippen LogP contribution >= 0.6 is 11.3 Å². The van der Waals surface area contributed by atoms with Gasteiger partial charge >= 0.3 is 0 Å². The van der Waals surface area contributed by atoms with E-state index in [-0.39, 0.29) is 5.91 Å². The summed E-state index contributed by atoms with van der Waals surface area (Å²) >= 11 is 1.39. The SMILES string of the molecule is Cc1c(Cc2ccccc2)sc(NC(=O)C=Cc2ccccc2)c1C(N)=O. The molecule has 3 rings (SSSR count). The van der Waals surface area contributed by atoms with Gasteiger partial charge in [0, 0.05) is 17.4 Å². The van der Waals surface area contributed by atoms with Gasteiger partial charge in [-0.05, 0) is 29.7 Å². The summed E-state index contributed by atoms with van der Waals surface area (Å²) in [4.78, 5) is 25.2. The molecule has 136 valence electrons. The van der Waals surface area contributed by atoms with Gasteiger partial charge in [-0.1, -0.05) is 60.7 Å². The Morgan fingerprint density at radius 1 is 1.04 bits per heavy atom. The molecule has 3 N–H and O–H groups in total. The summed E-state index contributed by atoms with van der Waals surface area (Å²) < 4.78 is 0. The lowest BCUT2D eigenvalue weighted by atomic mass is 10.1. The second-order valence-corrected chi connectivity index (χ2v) is 7.22. The number of primary amides is 1. The number of carbonyl (C=O) groups excluding carboxylic acids is 2. The molecule has 0 aliphatic heterocycles. The summed E-state index contributed by atoms with van der Waals surface area (Å²) in [6.07, 6.45) is 3.87. The standard InChI is InChI=1S/C22H20N2O2S/c1-15-18(14-17-10-6-3-7-11-17)27-22(20(15)21(23)26)24-19(25)13-12-16-8-4-2-5-9-16/h2-13H,14H2,1H3,(H2,23,26)(H,24,25). The lowest BCUT2D eigenvalue weighted by Gasteiger charge is -2.02. The first-order chi connectivity index (χ1) is 13.0. The van der Waals surface area contributed by atoms with Crippen molar-refractivity contribution in [3.63, 3.8) is 0 Å². The first-order valence-corrected chi connectivity index (χ1v) is 9.36. The van der Waals surface area contributed by atoms with Crippen molar-refractivity contribution >= 4 is 34.2 Å². The number of thiophene rings is 1. The minimum Gasteiger partial charge on any atom is -0.365 e. The van der Waals surface area contributed by atoms with Gasteiger partial charge < -0.3 is 11.1 Å². The van der Waals surface area contributed by atoms with Crippen LogP contribution in [0.1, 0.15) is 31.9 Å². The second kappa shape index (κ2) is 8.47. The Balaban J connectivity index is 1.81. The van der Waals surface area contributed by atoms with Crippen LogP contribution in [-0.4, -0.2) is 11.8 Å². The van der Waals surface area contributed by atoms with E-state index in [9.17, 15) is 9.59 Å². The fourth-order valence-corrected chi connectivity index (χ4v) is 4.03. The lowest BCUT2D eigenvalue weighted by Crippen LogP contribution is -2.16. The summed E-state index contributed by atoms with van der Waals surface area (Å²) in [6, 6.07) is 19.5. The molecule has 4 nitrogen and oxygen atoms in total. The lowest BCUT2D eigenvalue weighted by molar-refractivity contribution is -0.111. The summed E-state index contributed by atoms with van der Waals surface area (Å²) in [7, 11) is 0. The third-order valence-electron chi connectivity index (χ3n) is 4.16. The van der Waals surface area contributed by atoms with Crippen molar-refractivity contribution in [2.75, 3.05) is 5.32 Å². The van der Waals surface area contributed by atoms with Crippen molar-refractivity contribution in [3.05, 3.63) is 93.9 Å². The molecule has 0 bridgehead atoms. The van der Waals surface area contributed by atoms with E-state index in [2.05, 4.69) is 5.32 Å². The molecule has 1 aromatic heterocycles. The second-order valence-electron chi connectivity index (χ2n) is 6.11. The molecular weight excluding hydrogens is 356 g/mol. The highest BCUT2D eigenvalue weighted by Crippen LogP contribution is 2.34. The minimum atomic E-state index is -0.537.